The molecule has 1 saturated carbocycles. The number of carbonyl (C=O) groups excluding carboxylic acids is 3. The first-order chi connectivity index (χ1) is 12.6. The van der Waals surface area contributed by atoms with E-state index >= 15 is 0 Å². The molecule has 0 radical (unpaired) electrons. The number of carbonyl (C=O) groups is 3. The average molecular weight is 358 g/mol. The van der Waals surface area contributed by atoms with Crippen LogP contribution in [0.4, 0.5) is 0 Å². The van der Waals surface area contributed by atoms with E-state index < -0.39 is 11.9 Å². The Morgan fingerprint density at radius 2 is 1.69 bits per heavy atom. The van der Waals surface area contributed by atoms with Gasteiger partial charge in [0, 0.05) is 17.9 Å². The van der Waals surface area contributed by atoms with Gasteiger partial charge in [0.2, 0.25) is 0 Å². The van der Waals surface area contributed by atoms with Crippen molar-refractivity contribution in [2.45, 2.75) is 58.8 Å². The Kier molecular flexibility index (Phi) is 8.02. The second kappa shape index (κ2) is 10.2. The topological polar surface area (TPSA) is 60.4 Å². The number of Topliss-reactive ketones (excluding diaryl/α,β-unsaturated/α-hetero) is 2. The van der Waals surface area contributed by atoms with Gasteiger partial charge < -0.3 is 4.74 Å². The van der Waals surface area contributed by atoms with Crippen molar-refractivity contribution in [1.82, 2.24) is 0 Å². The predicted octanol–water partition coefficient (Wildman–Crippen LogP) is 4.61. The van der Waals surface area contributed by atoms with Crippen LogP contribution < -0.4 is 0 Å². The summed E-state index contributed by atoms with van der Waals surface area (Å²) in [6.07, 6.45) is 5.97. The summed E-state index contributed by atoms with van der Waals surface area (Å²) in [5.74, 6) is -1.26. The molecule has 1 unspecified atom stereocenters. The van der Waals surface area contributed by atoms with Crippen LogP contribution in [0.5, 0.6) is 0 Å². The van der Waals surface area contributed by atoms with Gasteiger partial charge in [0.1, 0.15) is 5.92 Å². The minimum Gasteiger partial charge on any atom is -0.465 e. The van der Waals surface area contributed by atoms with Crippen molar-refractivity contribution in [3.63, 3.8) is 0 Å². The normalized spacial score (nSPS) is 21.0. The highest BCUT2D eigenvalue weighted by Gasteiger charge is 2.36. The van der Waals surface area contributed by atoms with Gasteiger partial charge in [0.05, 0.1) is 6.61 Å². The zero-order valence-corrected chi connectivity index (χ0v) is 15.9. The maximum atomic E-state index is 13.0. The van der Waals surface area contributed by atoms with Crippen LogP contribution in [-0.4, -0.2) is 24.1 Å². The van der Waals surface area contributed by atoms with Crippen LogP contribution in [0.1, 0.15) is 69.2 Å². The molecular formula is C22H30O4. The minimum absolute atomic E-state index is 0.101. The first kappa shape index (κ1) is 20.3. The highest BCUT2D eigenvalue weighted by molar-refractivity contribution is 6.06. The molecule has 2 rings (SSSR count). The van der Waals surface area contributed by atoms with Crippen molar-refractivity contribution in [1.29, 1.82) is 0 Å². The fraction of sp³-hybridized carbons (Fsp3) is 0.591. The zero-order valence-electron chi connectivity index (χ0n) is 15.9. The third kappa shape index (κ3) is 5.52. The summed E-state index contributed by atoms with van der Waals surface area (Å²) in [6.45, 7) is 4.11. The first-order valence-electron chi connectivity index (χ1n) is 9.85. The SMILES string of the molecule is CCCC1CCC(C(=O)C(CC(=O)c2ccccc2)C(=O)OCC)CC1. The van der Waals surface area contributed by atoms with E-state index in [1.54, 1.807) is 31.2 Å². The number of ketones is 2. The first-order valence-corrected chi connectivity index (χ1v) is 9.85. The molecule has 26 heavy (non-hydrogen) atoms. The second-order valence-corrected chi connectivity index (χ2v) is 7.21. The second-order valence-electron chi connectivity index (χ2n) is 7.21. The van der Waals surface area contributed by atoms with Crippen molar-refractivity contribution in [2.75, 3.05) is 6.61 Å². The van der Waals surface area contributed by atoms with Crippen LogP contribution in [0.2, 0.25) is 0 Å². The number of esters is 1. The van der Waals surface area contributed by atoms with Gasteiger partial charge in [-0.25, -0.2) is 0 Å². The molecule has 1 aliphatic rings. The number of hydrogen-bond acceptors (Lipinski definition) is 4. The Hall–Kier alpha value is -1.97. The maximum absolute atomic E-state index is 13.0. The van der Waals surface area contributed by atoms with E-state index in [1.807, 2.05) is 6.07 Å². The summed E-state index contributed by atoms with van der Waals surface area (Å²) >= 11 is 0. The fourth-order valence-corrected chi connectivity index (χ4v) is 3.90. The highest BCUT2D eigenvalue weighted by atomic mass is 16.5. The Morgan fingerprint density at radius 1 is 1.04 bits per heavy atom. The van der Waals surface area contributed by atoms with Crippen molar-refractivity contribution in [3.05, 3.63) is 35.9 Å². The van der Waals surface area contributed by atoms with Crippen LogP contribution >= 0.6 is 0 Å². The van der Waals surface area contributed by atoms with E-state index in [0.717, 1.165) is 25.7 Å². The Balaban J connectivity index is 2.05. The Bertz CT molecular complexity index is 600. The van der Waals surface area contributed by atoms with Gasteiger partial charge in [0.25, 0.3) is 0 Å². The van der Waals surface area contributed by atoms with E-state index in [1.165, 1.54) is 12.8 Å². The minimum atomic E-state index is -0.976. The Morgan fingerprint density at radius 3 is 2.27 bits per heavy atom. The molecule has 1 aromatic carbocycles. The lowest BCUT2D eigenvalue weighted by molar-refractivity contribution is -0.152. The molecule has 0 bridgehead atoms. The zero-order chi connectivity index (χ0) is 18.9. The number of ether oxygens (including phenoxy) is 1. The van der Waals surface area contributed by atoms with Crippen molar-refractivity contribution in [3.8, 4) is 0 Å². The molecule has 0 saturated heterocycles. The number of hydrogen-bond donors (Lipinski definition) is 0. The van der Waals surface area contributed by atoms with E-state index in [9.17, 15) is 14.4 Å². The smallest absolute Gasteiger partial charge is 0.316 e. The van der Waals surface area contributed by atoms with Gasteiger partial charge in [-0.15, -0.1) is 0 Å². The van der Waals surface area contributed by atoms with Crippen LogP contribution in [0, 0.1) is 17.8 Å². The third-order valence-corrected chi connectivity index (χ3v) is 5.35. The predicted molar refractivity (Wildman–Crippen MR) is 101 cm³/mol. The van der Waals surface area contributed by atoms with E-state index in [-0.39, 0.29) is 30.5 Å². The van der Waals surface area contributed by atoms with Gasteiger partial charge in [-0.05, 0) is 38.5 Å². The monoisotopic (exact) mass is 358 g/mol. The molecule has 0 N–H and O–H groups in total. The summed E-state index contributed by atoms with van der Waals surface area (Å²) in [5, 5.41) is 0. The molecule has 0 amide bonds. The van der Waals surface area contributed by atoms with E-state index in [2.05, 4.69) is 6.92 Å². The lowest BCUT2D eigenvalue weighted by atomic mass is 9.75. The molecule has 0 aromatic heterocycles. The quantitative estimate of drug-likeness (QED) is 0.367. The molecule has 4 heteroatoms. The standard InChI is InChI=1S/C22H30O4/c1-3-8-16-11-13-18(14-12-16)21(24)19(22(25)26-4-2)15-20(23)17-9-6-5-7-10-17/h5-7,9-10,16,18-19H,3-4,8,11-15H2,1-2H3. The van der Waals surface area contributed by atoms with E-state index in [0.29, 0.717) is 11.5 Å². The molecule has 1 fully saturated rings. The molecule has 1 aliphatic carbocycles. The summed E-state index contributed by atoms with van der Waals surface area (Å²) in [5.41, 5.74) is 0.529. The Labute approximate surface area is 156 Å². The largest absolute Gasteiger partial charge is 0.465 e. The molecule has 1 atom stereocenters. The summed E-state index contributed by atoms with van der Waals surface area (Å²) < 4.78 is 5.10. The van der Waals surface area contributed by atoms with Crippen LogP contribution in [0.15, 0.2) is 30.3 Å². The molecule has 142 valence electrons. The number of rotatable bonds is 9. The van der Waals surface area contributed by atoms with Crippen molar-refractivity contribution in [2.24, 2.45) is 17.8 Å². The van der Waals surface area contributed by atoms with Crippen molar-refractivity contribution < 1.29 is 19.1 Å². The van der Waals surface area contributed by atoms with E-state index in [4.69, 9.17) is 4.74 Å². The number of benzene rings is 1. The average Bonchev–Trinajstić information content (AvgIpc) is 2.67. The molecule has 4 nitrogen and oxygen atoms in total. The molecular weight excluding hydrogens is 328 g/mol. The lowest BCUT2D eigenvalue weighted by Gasteiger charge is -2.29. The van der Waals surface area contributed by atoms with Crippen LogP contribution in [0.25, 0.3) is 0 Å². The van der Waals surface area contributed by atoms with Crippen LogP contribution in [-0.2, 0) is 14.3 Å². The highest BCUT2D eigenvalue weighted by Crippen LogP contribution is 2.34. The molecule has 0 aliphatic heterocycles. The van der Waals surface area contributed by atoms with Crippen molar-refractivity contribution >= 4 is 17.5 Å². The van der Waals surface area contributed by atoms with Gasteiger partial charge >= 0.3 is 5.97 Å². The summed E-state index contributed by atoms with van der Waals surface area (Å²) in [6, 6.07) is 8.82. The maximum Gasteiger partial charge on any atom is 0.316 e. The molecule has 1 aromatic rings. The molecule has 0 spiro atoms. The van der Waals surface area contributed by atoms with Gasteiger partial charge in [-0.3, -0.25) is 14.4 Å². The van der Waals surface area contributed by atoms with Crippen LogP contribution in [0.3, 0.4) is 0 Å². The lowest BCUT2D eigenvalue weighted by Crippen LogP contribution is -2.35. The fourth-order valence-electron chi connectivity index (χ4n) is 3.90. The van der Waals surface area contributed by atoms with Gasteiger partial charge in [-0.1, -0.05) is 50.1 Å². The summed E-state index contributed by atoms with van der Waals surface area (Å²) in [7, 11) is 0. The van der Waals surface area contributed by atoms with Gasteiger partial charge in [-0.2, -0.15) is 0 Å². The third-order valence-electron chi connectivity index (χ3n) is 5.35. The van der Waals surface area contributed by atoms with Gasteiger partial charge in [0.15, 0.2) is 11.6 Å². The molecule has 0 heterocycles. The summed E-state index contributed by atoms with van der Waals surface area (Å²) in [4.78, 5) is 37.9.